The summed E-state index contributed by atoms with van der Waals surface area (Å²) in [6.45, 7) is 3.74. The number of hydrogen-bond donors (Lipinski definition) is 0. The molecule has 0 unspecified atom stereocenters. The normalized spacial score (nSPS) is 9.40. The molecule has 1 heterocycles. The van der Waals surface area contributed by atoms with Gasteiger partial charge in [-0.1, -0.05) is 0 Å². The van der Waals surface area contributed by atoms with Gasteiger partial charge in [0.15, 0.2) is 0 Å². The molecule has 1 rings (SSSR count). The van der Waals surface area contributed by atoms with Gasteiger partial charge in [0, 0.05) is 17.5 Å². The number of aromatic nitrogens is 1. The van der Waals surface area contributed by atoms with E-state index in [-0.39, 0.29) is 0 Å². The van der Waals surface area contributed by atoms with E-state index in [1.54, 1.807) is 12.3 Å². The summed E-state index contributed by atoms with van der Waals surface area (Å²) in [6.07, 6.45) is 2.56. The van der Waals surface area contributed by atoms with Gasteiger partial charge in [0.1, 0.15) is 6.29 Å². The topological polar surface area (TPSA) is 30.0 Å². The molecule has 52 valence electrons. The first-order chi connectivity index (χ1) is 4.74. The second kappa shape index (κ2) is 2.60. The van der Waals surface area contributed by atoms with Gasteiger partial charge in [-0.05, 0) is 25.5 Å². The van der Waals surface area contributed by atoms with Crippen LogP contribution in [-0.4, -0.2) is 11.3 Å². The summed E-state index contributed by atoms with van der Waals surface area (Å²) < 4.78 is 0. The molecular formula is C8H9NO. The first-order valence-corrected chi connectivity index (χ1v) is 3.12. The van der Waals surface area contributed by atoms with Crippen LogP contribution in [0.25, 0.3) is 0 Å². The van der Waals surface area contributed by atoms with Crippen molar-refractivity contribution in [2.24, 2.45) is 0 Å². The Morgan fingerprint density at radius 3 is 2.70 bits per heavy atom. The van der Waals surface area contributed by atoms with Crippen molar-refractivity contribution in [2.45, 2.75) is 13.8 Å². The fraction of sp³-hybridized carbons (Fsp3) is 0.250. The summed E-state index contributed by atoms with van der Waals surface area (Å²) in [7, 11) is 0. The highest BCUT2D eigenvalue weighted by Crippen LogP contribution is 2.03. The van der Waals surface area contributed by atoms with E-state index in [0.29, 0.717) is 0 Å². The zero-order valence-corrected chi connectivity index (χ0v) is 6.09. The molecule has 0 fully saturated rings. The Hall–Kier alpha value is -1.18. The van der Waals surface area contributed by atoms with E-state index in [9.17, 15) is 4.79 Å². The average Bonchev–Trinajstić information content (AvgIpc) is 1.94. The first kappa shape index (κ1) is 6.93. The standard InChI is InChI=1S/C8H9NO/c1-6-4-9-7(2)3-8(6)5-10/h3-5H,1-2H3. The van der Waals surface area contributed by atoms with Gasteiger partial charge in [-0.15, -0.1) is 0 Å². The van der Waals surface area contributed by atoms with Crippen LogP contribution in [0.1, 0.15) is 21.6 Å². The predicted octanol–water partition coefficient (Wildman–Crippen LogP) is 1.51. The van der Waals surface area contributed by atoms with E-state index in [4.69, 9.17) is 0 Å². The van der Waals surface area contributed by atoms with Crippen LogP contribution in [0.15, 0.2) is 12.3 Å². The first-order valence-electron chi connectivity index (χ1n) is 3.12. The van der Waals surface area contributed by atoms with Gasteiger partial charge in [-0.2, -0.15) is 0 Å². The van der Waals surface area contributed by atoms with E-state index in [2.05, 4.69) is 4.98 Å². The van der Waals surface area contributed by atoms with Crippen LogP contribution >= 0.6 is 0 Å². The summed E-state index contributed by atoms with van der Waals surface area (Å²) in [5.41, 5.74) is 2.54. The van der Waals surface area contributed by atoms with Crippen molar-refractivity contribution < 1.29 is 4.79 Å². The number of aryl methyl sites for hydroxylation is 2. The minimum atomic E-state index is 0.729. The third kappa shape index (κ3) is 1.21. The van der Waals surface area contributed by atoms with Crippen molar-refractivity contribution in [1.29, 1.82) is 0 Å². The molecule has 0 radical (unpaired) electrons. The molecule has 2 heteroatoms. The lowest BCUT2D eigenvalue weighted by atomic mass is 10.1. The summed E-state index contributed by atoms with van der Waals surface area (Å²) in [6, 6.07) is 1.78. The molecule has 0 N–H and O–H groups in total. The summed E-state index contributed by atoms with van der Waals surface area (Å²) in [5.74, 6) is 0. The Bertz CT molecular complexity index is 255. The summed E-state index contributed by atoms with van der Waals surface area (Å²) in [5, 5.41) is 0. The van der Waals surface area contributed by atoms with Crippen molar-refractivity contribution >= 4 is 6.29 Å². The number of rotatable bonds is 1. The van der Waals surface area contributed by atoms with Crippen LogP contribution in [0.5, 0.6) is 0 Å². The molecule has 0 atom stereocenters. The van der Waals surface area contributed by atoms with Crippen molar-refractivity contribution in [2.75, 3.05) is 0 Å². The largest absolute Gasteiger partial charge is 0.298 e. The highest BCUT2D eigenvalue weighted by molar-refractivity contribution is 5.76. The quantitative estimate of drug-likeness (QED) is 0.546. The molecule has 0 aliphatic carbocycles. The van der Waals surface area contributed by atoms with Gasteiger partial charge < -0.3 is 0 Å². The fourth-order valence-electron chi connectivity index (χ4n) is 0.776. The van der Waals surface area contributed by atoms with E-state index >= 15 is 0 Å². The van der Waals surface area contributed by atoms with Gasteiger partial charge in [0.25, 0.3) is 0 Å². The maximum atomic E-state index is 10.4. The molecule has 0 aliphatic rings. The number of carbonyl (C=O) groups excluding carboxylic acids is 1. The van der Waals surface area contributed by atoms with Gasteiger partial charge in [-0.25, -0.2) is 0 Å². The van der Waals surface area contributed by atoms with Gasteiger partial charge in [0.05, 0.1) is 0 Å². The lowest BCUT2D eigenvalue weighted by Gasteiger charge is -1.96. The molecule has 1 aromatic rings. The van der Waals surface area contributed by atoms with Crippen LogP contribution in [-0.2, 0) is 0 Å². The van der Waals surface area contributed by atoms with Gasteiger partial charge in [0.2, 0.25) is 0 Å². The van der Waals surface area contributed by atoms with Crippen LogP contribution in [0.4, 0.5) is 0 Å². The second-order valence-corrected chi connectivity index (χ2v) is 2.30. The molecule has 10 heavy (non-hydrogen) atoms. The number of carbonyl (C=O) groups is 1. The highest BCUT2D eigenvalue weighted by Gasteiger charge is 1.95. The Kier molecular flexibility index (Phi) is 1.81. The average molecular weight is 135 g/mol. The van der Waals surface area contributed by atoms with Crippen molar-refractivity contribution in [3.63, 3.8) is 0 Å². The number of aldehydes is 1. The number of pyridine rings is 1. The van der Waals surface area contributed by atoms with E-state index < -0.39 is 0 Å². The Labute approximate surface area is 59.9 Å². The Morgan fingerprint density at radius 2 is 2.20 bits per heavy atom. The Balaban J connectivity index is 3.21. The van der Waals surface area contributed by atoms with Crippen molar-refractivity contribution in [3.8, 4) is 0 Å². The van der Waals surface area contributed by atoms with E-state index in [1.165, 1.54) is 0 Å². The zero-order valence-electron chi connectivity index (χ0n) is 6.09. The number of hydrogen-bond acceptors (Lipinski definition) is 2. The van der Waals surface area contributed by atoms with Crippen molar-refractivity contribution in [1.82, 2.24) is 4.98 Å². The highest BCUT2D eigenvalue weighted by atomic mass is 16.1. The molecule has 0 amide bonds. The van der Waals surface area contributed by atoms with E-state index in [0.717, 1.165) is 23.1 Å². The molecule has 0 spiro atoms. The minimum Gasteiger partial charge on any atom is -0.298 e. The second-order valence-electron chi connectivity index (χ2n) is 2.30. The monoisotopic (exact) mass is 135 g/mol. The lowest BCUT2D eigenvalue weighted by Crippen LogP contribution is -1.89. The smallest absolute Gasteiger partial charge is 0.150 e. The minimum absolute atomic E-state index is 0.729. The molecule has 0 saturated heterocycles. The predicted molar refractivity (Wildman–Crippen MR) is 39.1 cm³/mol. The van der Waals surface area contributed by atoms with Crippen LogP contribution in [0.3, 0.4) is 0 Å². The van der Waals surface area contributed by atoms with Crippen molar-refractivity contribution in [3.05, 3.63) is 29.1 Å². The van der Waals surface area contributed by atoms with Crippen LogP contribution < -0.4 is 0 Å². The van der Waals surface area contributed by atoms with Crippen LogP contribution in [0.2, 0.25) is 0 Å². The van der Waals surface area contributed by atoms with Crippen LogP contribution in [0, 0.1) is 13.8 Å². The molecule has 1 aromatic heterocycles. The lowest BCUT2D eigenvalue weighted by molar-refractivity contribution is 0.112. The maximum absolute atomic E-state index is 10.4. The molecule has 0 bridgehead atoms. The molecular weight excluding hydrogens is 126 g/mol. The number of nitrogens with zero attached hydrogens (tertiary/aromatic N) is 1. The Morgan fingerprint density at radius 1 is 1.50 bits per heavy atom. The summed E-state index contributed by atoms with van der Waals surface area (Å²) in [4.78, 5) is 14.4. The fourth-order valence-corrected chi connectivity index (χ4v) is 0.776. The third-order valence-electron chi connectivity index (χ3n) is 1.41. The SMILES string of the molecule is Cc1cc(C=O)c(C)cn1. The maximum Gasteiger partial charge on any atom is 0.150 e. The third-order valence-corrected chi connectivity index (χ3v) is 1.41. The molecule has 0 aromatic carbocycles. The van der Waals surface area contributed by atoms with E-state index in [1.807, 2.05) is 13.8 Å². The molecule has 0 aliphatic heterocycles. The van der Waals surface area contributed by atoms with Gasteiger partial charge >= 0.3 is 0 Å². The zero-order chi connectivity index (χ0) is 7.56. The van der Waals surface area contributed by atoms with Gasteiger partial charge in [-0.3, -0.25) is 9.78 Å². The molecule has 0 saturated carbocycles. The molecule has 2 nitrogen and oxygen atoms in total. The summed E-state index contributed by atoms with van der Waals surface area (Å²) >= 11 is 0.